The van der Waals surface area contributed by atoms with Crippen LogP contribution in [0.4, 0.5) is 0 Å². The number of para-hydroxylation sites is 1. The molecule has 1 aliphatic rings. The maximum Gasteiger partial charge on any atom is 0.290 e. The van der Waals surface area contributed by atoms with Crippen LogP contribution in [0.2, 0.25) is 0 Å². The van der Waals surface area contributed by atoms with E-state index in [4.69, 9.17) is 14.6 Å². The average molecular weight is 293 g/mol. The van der Waals surface area contributed by atoms with Crippen molar-refractivity contribution in [3.63, 3.8) is 0 Å². The first kappa shape index (κ1) is 17.5. The molecule has 0 amide bonds. The number of carbonyl (C=O) groups is 1. The molecule has 0 heterocycles. The van der Waals surface area contributed by atoms with E-state index >= 15 is 0 Å². The van der Waals surface area contributed by atoms with Crippen molar-refractivity contribution < 1.29 is 14.6 Å². The molecule has 0 spiro atoms. The van der Waals surface area contributed by atoms with E-state index in [2.05, 4.69) is 37.9 Å². The van der Waals surface area contributed by atoms with Gasteiger partial charge in [-0.05, 0) is 37.8 Å². The lowest BCUT2D eigenvalue weighted by Gasteiger charge is -2.26. The molecule has 1 atom stereocenters. The summed E-state index contributed by atoms with van der Waals surface area (Å²) in [5.41, 5.74) is 1.80. The summed E-state index contributed by atoms with van der Waals surface area (Å²) in [6.45, 7) is 5.48. The van der Waals surface area contributed by atoms with Crippen LogP contribution < -0.4 is 4.74 Å². The first-order valence-corrected chi connectivity index (χ1v) is 7.33. The molecule has 4 heteroatoms. The molecule has 0 aliphatic heterocycles. The Balaban J connectivity index is 0.000000677. The number of nitrogens with zero attached hydrogens (tertiary/aromatic N) is 1. The summed E-state index contributed by atoms with van der Waals surface area (Å²) in [7, 11) is 3.98. The second-order valence-corrected chi connectivity index (χ2v) is 6.39. The second kappa shape index (κ2) is 8.03. The summed E-state index contributed by atoms with van der Waals surface area (Å²) >= 11 is 0. The topological polar surface area (TPSA) is 49.8 Å². The minimum absolute atomic E-state index is 0.250. The van der Waals surface area contributed by atoms with E-state index in [-0.39, 0.29) is 6.47 Å². The molecule has 1 fully saturated rings. The van der Waals surface area contributed by atoms with Crippen molar-refractivity contribution in [3.8, 4) is 5.75 Å². The molecule has 1 unspecified atom stereocenters. The van der Waals surface area contributed by atoms with Crippen LogP contribution in [0, 0.1) is 5.41 Å². The molecular weight excluding hydrogens is 266 g/mol. The van der Waals surface area contributed by atoms with E-state index in [1.165, 1.54) is 24.8 Å². The summed E-state index contributed by atoms with van der Waals surface area (Å²) in [5.74, 6) is 1.00. The van der Waals surface area contributed by atoms with Gasteiger partial charge in [-0.15, -0.1) is 0 Å². The highest BCUT2D eigenvalue weighted by molar-refractivity contribution is 5.33. The maximum atomic E-state index is 8.36. The van der Waals surface area contributed by atoms with Gasteiger partial charge in [-0.1, -0.05) is 32.0 Å². The molecule has 2 rings (SSSR count). The molecule has 0 saturated heterocycles. The number of rotatable bonds is 4. The van der Waals surface area contributed by atoms with Crippen LogP contribution in [0.5, 0.6) is 5.75 Å². The van der Waals surface area contributed by atoms with E-state index in [9.17, 15) is 0 Å². The van der Waals surface area contributed by atoms with E-state index in [1.54, 1.807) is 7.11 Å². The summed E-state index contributed by atoms with van der Waals surface area (Å²) in [6.07, 6.45) is 3.96. The predicted molar refractivity (Wildman–Crippen MR) is 84.6 cm³/mol. The first-order valence-electron chi connectivity index (χ1n) is 7.33. The number of hydrogen-bond acceptors (Lipinski definition) is 3. The minimum atomic E-state index is -0.250. The molecule has 1 N–H and O–H groups in total. The van der Waals surface area contributed by atoms with Crippen LogP contribution in [0.25, 0.3) is 0 Å². The Morgan fingerprint density at radius 3 is 2.57 bits per heavy atom. The molecular formula is C17H27NO3. The van der Waals surface area contributed by atoms with Gasteiger partial charge in [0.25, 0.3) is 6.47 Å². The number of benzene rings is 1. The minimum Gasteiger partial charge on any atom is -0.496 e. The van der Waals surface area contributed by atoms with Gasteiger partial charge in [0.1, 0.15) is 5.75 Å². The van der Waals surface area contributed by atoms with Crippen LogP contribution >= 0.6 is 0 Å². The highest BCUT2D eigenvalue weighted by atomic mass is 16.5. The molecule has 0 aromatic heterocycles. The molecule has 1 aromatic carbocycles. The van der Waals surface area contributed by atoms with Gasteiger partial charge in [0.05, 0.1) is 7.11 Å². The van der Waals surface area contributed by atoms with E-state index in [0.717, 1.165) is 12.3 Å². The lowest BCUT2D eigenvalue weighted by Crippen LogP contribution is -2.29. The van der Waals surface area contributed by atoms with Gasteiger partial charge in [0, 0.05) is 18.2 Å². The predicted octanol–water partition coefficient (Wildman–Crippen LogP) is 3.41. The summed E-state index contributed by atoms with van der Waals surface area (Å²) in [6, 6.07) is 9.03. The van der Waals surface area contributed by atoms with Crippen molar-refractivity contribution in [3.05, 3.63) is 29.8 Å². The fourth-order valence-corrected chi connectivity index (χ4v) is 3.01. The lowest BCUT2D eigenvalue weighted by atomic mass is 9.91. The first-order chi connectivity index (χ1) is 9.93. The van der Waals surface area contributed by atoms with E-state index in [0.29, 0.717) is 11.5 Å². The Hall–Kier alpha value is -1.55. The summed E-state index contributed by atoms with van der Waals surface area (Å²) in [5, 5.41) is 6.89. The van der Waals surface area contributed by atoms with Crippen LogP contribution in [-0.2, 0) is 11.3 Å². The van der Waals surface area contributed by atoms with E-state index < -0.39 is 0 Å². The molecule has 21 heavy (non-hydrogen) atoms. The average Bonchev–Trinajstić information content (AvgIpc) is 2.81. The van der Waals surface area contributed by atoms with Crippen molar-refractivity contribution in [2.75, 3.05) is 14.2 Å². The smallest absolute Gasteiger partial charge is 0.290 e. The number of hydrogen-bond donors (Lipinski definition) is 1. The largest absolute Gasteiger partial charge is 0.496 e. The Morgan fingerprint density at radius 2 is 2.05 bits per heavy atom. The van der Waals surface area contributed by atoms with Crippen molar-refractivity contribution in [1.29, 1.82) is 0 Å². The second-order valence-electron chi connectivity index (χ2n) is 6.39. The monoisotopic (exact) mass is 293 g/mol. The standard InChI is InChI=1S/C16H25NO.CH2O2/c1-16(2)10-9-14(11-16)17(3)12-13-7-5-6-8-15(13)18-4;2-1-3/h5-8,14H,9-12H2,1-4H3;1H,(H,2,3). The zero-order valence-corrected chi connectivity index (χ0v) is 13.5. The Bertz CT molecular complexity index is 445. The van der Waals surface area contributed by atoms with Gasteiger partial charge in [-0.2, -0.15) is 0 Å². The third-order valence-electron chi connectivity index (χ3n) is 4.18. The Kier molecular flexibility index (Phi) is 6.69. The zero-order chi connectivity index (χ0) is 15.9. The van der Waals surface area contributed by atoms with Crippen molar-refractivity contribution in [1.82, 2.24) is 4.90 Å². The number of carboxylic acid groups (broad SMARTS) is 1. The third-order valence-corrected chi connectivity index (χ3v) is 4.18. The molecule has 4 nitrogen and oxygen atoms in total. The van der Waals surface area contributed by atoms with Gasteiger partial charge < -0.3 is 9.84 Å². The maximum absolute atomic E-state index is 8.36. The molecule has 0 radical (unpaired) electrons. The van der Waals surface area contributed by atoms with Crippen molar-refractivity contribution >= 4 is 6.47 Å². The van der Waals surface area contributed by atoms with Gasteiger partial charge in [0.15, 0.2) is 0 Å². The van der Waals surface area contributed by atoms with Crippen molar-refractivity contribution in [2.45, 2.75) is 45.7 Å². The van der Waals surface area contributed by atoms with Crippen LogP contribution in [0.3, 0.4) is 0 Å². The fraction of sp³-hybridized carbons (Fsp3) is 0.588. The van der Waals surface area contributed by atoms with Gasteiger partial charge in [-0.25, -0.2) is 0 Å². The SMILES string of the molecule is COc1ccccc1CN(C)C1CCC(C)(C)C1.O=CO. The van der Waals surface area contributed by atoms with E-state index in [1.807, 2.05) is 12.1 Å². The molecule has 1 saturated carbocycles. The van der Waals surface area contributed by atoms with Gasteiger partial charge >= 0.3 is 0 Å². The third kappa shape index (κ3) is 5.38. The van der Waals surface area contributed by atoms with Gasteiger partial charge in [-0.3, -0.25) is 9.69 Å². The zero-order valence-electron chi connectivity index (χ0n) is 13.5. The Morgan fingerprint density at radius 1 is 1.43 bits per heavy atom. The summed E-state index contributed by atoms with van der Waals surface area (Å²) in [4.78, 5) is 10.8. The number of methoxy groups -OCH3 is 1. The quantitative estimate of drug-likeness (QED) is 0.864. The van der Waals surface area contributed by atoms with Crippen LogP contribution in [0.15, 0.2) is 24.3 Å². The Labute approximate surface area is 127 Å². The lowest BCUT2D eigenvalue weighted by molar-refractivity contribution is -0.122. The molecule has 0 bridgehead atoms. The van der Waals surface area contributed by atoms with Gasteiger partial charge in [0.2, 0.25) is 0 Å². The fourth-order valence-electron chi connectivity index (χ4n) is 3.01. The summed E-state index contributed by atoms with van der Waals surface area (Å²) < 4.78 is 5.42. The highest BCUT2D eigenvalue weighted by Crippen LogP contribution is 2.39. The molecule has 1 aromatic rings. The van der Waals surface area contributed by atoms with Crippen molar-refractivity contribution in [2.24, 2.45) is 5.41 Å². The molecule has 1 aliphatic carbocycles. The molecule has 118 valence electrons. The van der Waals surface area contributed by atoms with Crippen LogP contribution in [-0.4, -0.2) is 36.7 Å². The normalized spacial score (nSPS) is 19.8. The number of ether oxygens (including phenoxy) is 1. The highest BCUT2D eigenvalue weighted by Gasteiger charge is 2.33. The van der Waals surface area contributed by atoms with Crippen LogP contribution in [0.1, 0.15) is 38.7 Å².